The van der Waals surface area contributed by atoms with E-state index in [9.17, 15) is 9.59 Å². The van der Waals surface area contributed by atoms with Crippen molar-refractivity contribution in [3.05, 3.63) is 0 Å². The van der Waals surface area contributed by atoms with Crippen molar-refractivity contribution in [3.8, 4) is 0 Å². The van der Waals surface area contributed by atoms with Gasteiger partial charge in [0.1, 0.15) is 11.6 Å². The summed E-state index contributed by atoms with van der Waals surface area (Å²) in [4.78, 5) is 22.5. The number of carboxylic acids is 1. The molecule has 0 radical (unpaired) electrons. The molecule has 0 aromatic carbocycles. The van der Waals surface area contributed by atoms with Gasteiger partial charge in [-0.15, -0.1) is 0 Å². The molecule has 19 heavy (non-hydrogen) atoms. The lowest BCUT2D eigenvalue weighted by Crippen LogP contribution is -2.39. The average molecular weight is 273 g/mol. The molecule has 5 heteroatoms. The van der Waals surface area contributed by atoms with Gasteiger partial charge in [-0.1, -0.05) is 40.0 Å². The van der Waals surface area contributed by atoms with Gasteiger partial charge in [-0.3, -0.25) is 9.59 Å². The first-order chi connectivity index (χ1) is 8.90. The van der Waals surface area contributed by atoms with Crippen molar-refractivity contribution >= 4 is 11.9 Å². The van der Waals surface area contributed by atoms with E-state index in [0.717, 1.165) is 38.5 Å². The predicted octanol–water partition coefficient (Wildman–Crippen LogP) is 2.47. The summed E-state index contributed by atoms with van der Waals surface area (Å²) < 4.78 is 5.60. The highest BCUT2D eigenvalue weighted by molar-refractivity contribution is 5.81. The summed E-state index contributed by atoms with van der Waals surface area (Å²) in [6.07, 6.45) is 4.94. The number of hydrogen-bond acceptors (Lipinski definition) is 4. The molecule has 0 aliphatic rings. The second kappa shape index (κ2) is 8.91. The number of ether oxygens (including phenoxy) is 1. The fraction of sp³-hybridized carbons (Fsp3) is 0.857. The highest BCUT2D eigenvalue weighted by atomic mass is 16.6. The molecule has 3 N–H and O–H groups in total. The standard InChI is InChI=1S/C14H27NO4/c1-4-7-14(8-5-2,9-6-3)19-12(16)10-11(15)13(17)18/h11H,4-10,15H2,1-3H3,(H,17,18)/t11-/m0/s1. The number of aliphatic carboxylic acids is 1. The van der Waals surface area contributed by atoms with Crippen LogP contribution in [0.25, 0.3) is 0 Å². The molecule has 0 aliphatic heterocycles. The van der Waals surface area contributed by atoms with Gasteiger partial charge in [-0.2, -0.15) is 0 Å². The second-order valence-electron chi connectivity index (χ2n) is 5.06. The molecule has 1 atom stereocenters. The molecule has 0 aromatic heterocycles. The van der Waals surface area contributed by atoms with Crippen LogP contribution >= 0.6 is 0 Å². The fourth-order valence-corrected chi connectivity index (χ4v) is 2.44. The maximum absolute atomic E-state index is 11.8. The normalized spacial score (nSPS) is 13.1. The monoisotopic (exact) mass is 273 g/mol. The van der Waals surface area contributed by atoms with Crippen molar-refractivity contribution in [2.75, 3.05) is 0 Å². The van der Waals surface area contributed by atoms with Gasteiger partial charge in [0.25, 0.3) is 0 Å². The number of carboxylic acid groups (broad SMARTS) is 1. The molecule has 0 saturated carbocycles. The summed E-state index contributed by atoms with van der Waals surface area (Å²) in [6.45, 7) is 6.16. The number of esters is 1. The van der Waals surface area contributed by atoms with E-state index in [1.165, 1.54) is 0 Å². The van der Waals surface area contributed by atoms with Crippen molar-refractivity contribution < 1.29 is 19.4 Å². The third-order valence-electron chi connectivity index (χ3n) is 3.15. The van der Waals surface area contributed by atoms with E-state index in [1.54, 1.807) is 0 Å². The summed E-state index contributed by atoms with van der Waals surface area (Å²) in [5, 5.41) is 8.71. The lowest BCUT2D eigenvalue weighted by atomic mass is 9.88. The minimum Gasteiger partial charge on any atom is -0.480 e. The van der Waals surface area contributed by atoms with Crippen LogP contribution in [0.1, 0.15) is 65.7 Å². The Kier molecular flexibility index (Phi) is 8.39. The molecule has 0 amide bonds. The number of carbonyl (C=O) groups excluding carboxylic acids is 1. The van der Waals surface area contributed by atoms with Crippen LogP contribution in [0.15, 0.2) is 0 Å². The van der Waals surface area contributed by atoms with Crippen LogP contribution < -0.4 is 5.73 Å². The summed E-state index contributed by atoms with van der Waals surface area (Å²) in [6, 6.07) is -1.19. The molecule has 0 spiro atoms. The van der Waals surface area contributed by atoms with Crippen molar-refractivity contribution in [1.29, 1.82) is 0 Å². The van der Waals surface area contributed by atoms with Gasteiger partial charge in [0.2, 0.25) is 0 Å². The summed E-state index contributed by atoms with van der Waals surface area (Å²) >= 11 is 0. The van der Waals surface area contributed by atoms with Crippen LogP contribution in [-0.2, 0) is 14.3 Å². The van der Waals surface area contributed by atoms with Gasteiger partial charge in [-0.05, 0) is 19.3 Å². The van der Waals surface area contributed by atoms with Gasteiger partial charge < -0.3 is 15.6 Å². The van der Waals surface area contributed by atoms with Gasteiger partial charge in [0.15, 0.2) is 0 Å². The van der Waals surface area contributed by atoms with E-state index in [0.29, 0.717) is 0 Å². The second-order valence-corrected chi connectivity index (χ2v) is 5.06. The molecule has 0 fully saturated rings. The summed E-state index contributed by atoms with van der Waals surface area (Å²) in [5.74, 6) is -1.69. The molecule has 0 saturated heterocycles. The van der Waals surface area contributed by atoms with E-state index < -0.39 is 23.6 Å². The molecule has 0 rings (SSSR count). The van der Waals surface area contributed by atoms with Crippen LogP contribution in [0.5, 0.6) is 0 Å². The van der Waals surface area contributed by atoms with E-state index in [-0.39, 0.29) is 6.42 Å². The van der Waals surface area contributed by atoms with E-state index in [1.807, 2.05) is 0 Å². The Morgan fingerprint density at radius 1 is 1.11 bits per heavy atom. The maximum atomic E-state index is 11.8. The van der Waals surface area contributed by atoms with Crippen LogP contribution in [0.4, 0.5) is 0 Å². The average Bonchev–Trinajstić information content (AvgIpc) is 2.29. The molecule has 0 bridgehead atoms. The van der Waals surface area contributed by atoms with Crippen molar-refractivity contribution in [3.63, 3.8) is 0 Å². The van der Waals surface area contributed by atoms with Gasteiger partial charge >= 0.3 is 11.9 Å². The van der Waals surface area contributed by atoms with Crippen LogP contribution in [0, 0.1) is 0 Å². The SMILES string of the molecule is CCCC(CCC)(CCC)OC(=O)C[C@H](N)C(=O)O. The molecule has 0 aromatic rings. The van der Waals surface area contributed by atoms with Crippen molar-refractivity contribution in [1.82, 2.24) is 0 Å². The minimum atomic E-state index is -1.19. The zero-order chi connectivity index (χ0) is 14.9. The fourth-order valence-electron chi connectivity index (χ4n) is 2.44. The highest BCUT2D eigenvalue weighted by Gasteiger charge is 2.32. The lowest BCUT2D eigenvalue weighted by Gasteiger charge is -2.33. The van der Waals surface area contributed by atoms with Crippen LogP contribution in [0.2, 0.25) is 0 Å². The zero-order valence-electron chi connectivity index (χ0n) is 12.3. The molecule has 112 valence electrons. The first kappa shape index (κ1) is 17.9. The number of carbonyl (C=O) groups is 2. The van der Waals surface area contributed by atoms with Crippen molar-refractivity contribution in [2.45, 2.75) is 77.4 Å². The van der Waals surface area contributed by atoms with E-state index in [4.69, 9.17) is 15.6 Å². The molecule has 0 heterocycles. The third kappa shape index (κ3) is 6.57. The summed E-state index contributed by atoms with van der Waals surface area (Å²) in [7, 11) is 0. The Hall–Kier alpha value is -1.10. The Bertz CT molecular complexity index is 274. The van der Waals surface area contributed by atoms with Gasteiger partial charge in [0.05, 0.1) is 6.42 Å². The third-order valence-corrected chi connectivity index (χ3v) is 3.15. The van der Waals surface area contributed by atoms with Gasteiger partial charge in [-0.25, -0.2) is 0 Å². The van der Waals surface area contributed by atoms with Gasteiger partial charge in [0, 0.05) is 0 Å². The highest BCUT2D eigenvalue weighted by Crippen LogP contribution is 2.30. The lowest BCUT2D eigenvalue weighted by molar-refractivity contribution is -0.165. The minimum absolute atomic E-state index is 0.270. The molecular weight excluding hydrogens is 246 g/mol. The molecule has 0 unspecified atom stereocenters. The number of nitrogens with two attached hydrogens (primary N) is 1. The summed E-state index contributed by atoms with van der Waals surface area (Å²) in [5.41, 5.74) is 4.91. The Morgan fingerprint density at radius 2 is 1.53 bits per heavy atom. The zero-order valence-corrected chi connectivity index (χ0v) is 12.3. The first-order valence-corrected chi connectivity index (χ1v) is 7.11. The Morgan fingerprint density at radius 3 is 1.84 bits per heavy atom. The van der Waals surface area contributed by atoms with E-state index in [2.05, 4.69) is 20.8 Å². The van der Waals surface area contributed by atoms with E-state index >= 15 is 0 Å². The van der Waals surface area contributed by atoms with Crippen molar-refractivity contribution in [2.24, 2.45) is 5.73 Å². The smallest absolute Gasteiger partial charge is 0.321 e. The quantitative estimate of drug-likeness (QED) is 0.597. The largest absolute Gasteiger partial charge is 0.480 e. The van der Waals surface area contributed by atoms with Crippen LogP contribution in [0.3, 0.4) is 0 Å². The Labute approximate surface area is 115 Å². The van der Waals surface area contributed by atoms with Crippen LogP contribution in [-0.4, -0.2) is 28.7 Å². The maximum Gasteiger partial charge on any atom is 0.321 e. The predicted molar refractivity (Wildman–Crippen MR) is 73.8 cm³/mol. The Balaban J connectivity index is 4.68. The topological polar surface area (TPSA) is 89.6 Å². The molecule has 0 aliphatic carbocycles. The number of rotatable bonds is 10. The molecule has 5 nitrogen and oxygen atoms in total. The first-order valence-electron chi connectivity index (χ1n) is 7.11. The molecular formula is C14H27NO4. The number of hydrogen-bond donors (Lipinski definition) is 2.